The number of furan rings is 1. The lowest BCUT2D eigenvalue weighted by molar-refractivity contribution is 0.669. The molecule has 1 aliphatic carbocycles. The molecule has 2 nitrogen and oxygen atoms in total. The highest BCUT2D eigenvalue weighted by molar-refractivity contribution is 6.11. The van der Waals surface area contributed by atoms with Gasteiger partial charge in [-0.25, -0.2) is 0 Å². The number of benzene rings is 2. The maximum atomic E-state index is 5.93. The first kappa shape index (κ1) is 10.0. The van der Waals surface area contributed by atoms with E-state index in [0.29, 0.717) is 0 Å². The standard InChI is InChI=1S/C18H10NO/c1-3-7-15-11(5-1)13-9-14-12-6-2-4-8-17(12)20-18(14)10-16(13)19-15/h1-2,4-10,19H/q+1. The van der Waals surface area contributed by atoms with Gasteiger partial charge in [0.05, 0.1) is 11.6 Å². The summed E-state index contributed by atoms with van der Waals surface area (Å²) in [6, 6.07) is 12.5. The molecule has 4 aromatic rings. The van der Waals surface area contributed by atoms with Crippen molar-refractivity contribution in [1.29, 1.82) is 0 Å². The average molecular weight is 256 g/mol. The van der Waals surface area contributed by atoms with E-state index >= 15 is 0 Å². The topological polar surface area (TPSA) is 28.9 Å². The van der Waals surface area contributed by atoms with Crippen molar-refractivity contribution >= 4 is 45.0 Å². The van der Waals surface area contributed by atoms with Crippen LogP contribution < -0.4 is 0 Å². The zero-order valence-electron chi connectivity index (χ0n) is 10.6. The summed E-state index contributed by atoms with van der Waals surface area (Å²) >= 11 is 0. The molecule has 0 spiro atoms. The molecule has 2 aromatic heterocycles. The van der Waals surface area contributed by atoms with Crippen molar-refractivity contribution in [3.8, 4) is 0 Å². The summed E-state index contributed by atoms with van der Waals surface area (Å²) in [5.41, 5.74) is 5.30. The van der Waals surface area contributed by atoms with Crippen molar-refractivity contribution in [2.75, 3.05) is 0 Å². The Labute approximate surface area is 115 Å². The van der Waals surface area contributed by atoms with Crippen LogP contribution in [0.3, 0.4) is 0 Å². The van der Waals surface area contributed by atoms with Crippen molar-refractivity contribution in [2.45, 2.75) is 0 Å². The fourth-order valence-electron chi connectivity index (χ4n) is 3.01. The van der Waals surface area contributed by atoms with Gasteiger partial charge >= 0.3 is 0 Å². The number of aromatic nitrogens is 1. The van der Waals surface area contributed by atoms with Crippen LogP contribution in [0.2, 0.25) is 0 Å². The molecule has 0 unspecified atom stereocenters. The Balaban J connectivity index is 2.00. The highest BCUT2D eigenvalue weighted by Crippen LogP contribution is 2.35. The molecule has 0 atom stereocenters. The van der Waals surface area contributed by atoms with Gasteiger partial charge in [-0.05, 0) is 12.1 Å². The van der Waals surface area contributed by atoms with Gasteiger partial charge in [-0.15, -0.1) is 0 Å². The third-order valence-electron chi connectivity index (χ3n) is 3.94. The fourth-order valence-corrected chi connectivity index (χ4v) is 3.01. The Bertz CT molecular complexity index is 1040. The molecule has 0 saturated heterocycles. The Morgan fingerprint density at radius 2 is 1.90 bits per heavy atom. The van der Waals surface area contributed by atoms with Gasteiger partial charge in [0.1, 0.15) is 28.9 Å². The molecular formula is C18H10NO+. The zero-order valence-corrected chi connectivity index (χ0v) is 10.6. The molecule has 2 heterocycles. The SMILES string of the molecule is [C+]1=Cc2[nH]c3cc4oc5ccccc5c4cc3c2C=C1. The average Bonchev–Trinajstić information content (AvgIpc) is 3.02. The van der Waals surface area contributed by atoms with Gasteiger partial charge in [-0.3, -0.25) is 0 Å². The molecule has 92 valence electrons. The van der Waals surface area contributed by atoms with E-state index in [0.717, 1.165) is 22.4 Å². The first-order chi connectivity index (χ1) is 9.90. The van der Waals surface area contributed by atoms with E-state index in [2.05, 4.69) is 35.3 Å². The molecular weight excluding hydrogens is 246 g/mol. The summed E-state index contributed by atoms with van der Waals surface area (Å²) in [4.78, 5) is 3.42. The number of para-hydroxylation sites is 1. The van der Waals surface area contributed by atoms with Crippen molar-refractivity contribution < 1.29 is 4.42 Å². The first-order valence-corrected chi connectivity index (χ1v) is 6.63. The van der Waals surface area contributed by atoms with Crippen LogP contribution in [0.1, 0.15) is 11.3 Å². The van der Waals surface area contributed by atoms with Gasteiger partial charge in [0, 0.05) is 28.3 Å². The second kappa shape index (κ2) is 3.38. The van der Waals surface area contributed by atoms with Gasteiger partial charge < -0.3 is 9.40 Å². The molecule has 2 aromatic carbocycles. The van der Waals surface area contributed by atoms with E-state index in [1.54, 1.807) is 0 Å². The van der Waals surface area contributed by atoms with Crippen LogP contribution in [0.25, 0.3) is 45.0 Å². The molecule has 0 saturated carbocycles. The summed E-state index contributed by atoms with van der Waals surface area (Å²) in [5, 5.41) is 3.57. The van der Waals surface area contributed by atoms with Gasteiger partial charge in [-0.2, -0.15) is 0 Å². The number of rotatable bonds is 0. The third kappa shape index (κ3) is 1.16. The van der Waals surface area contributed by atoms with Crippen LogP contribution in [0, 0.1) is 6.08 Å². The highest BCUT2D eigenvalue weighted by Gasteiger charge is 2.18. The maximum Gasteiger partial charge on any atom is 0.159 e. The van der Waals surface area contributed by atoms with E-state index in [1.807, 2.05) is 30.4 Å². The Morgan fingerprint density at radius 3 is 2.90 bits per heavy atom. The Kier molecular flexibility index (Phi) is 1.69. The smallest absolute Gasteiger partial charge is 0.159 e. The summed E-state index contributed by atoms with van der Waals surface area (Å²) in [5.74, 6) is 0. The minimum absolute atomic E-state index is 0.925. The lowest BCUT2D eigenvalue weighted by Crippen LogP contribution is -1.79. The second-order valence-electron chi connectivity index (χ2n) is 5.09. The zero-order chi connectivity index (χ0) is 13.1. The Morgan fingerprint density at radius 1 is 0.950 bits per heavy atom. The summed E-state index contributed by atoms with van der Waals surface area (Å²) in [6.45, 7) is 0. The number of hydrogen-bond acceptors (Lipinski definition) is 1. The molecule has 5 rings (SSSR count). The quantitative estimate of drug-likeness (QED) is 0.445. The van der Waals surface area contributed by atoms with Crippen molar-refractivity contribution in [3.63, 3.8) is 0 Å². The molecule has 0 radical (unpaired) electrons. The van der Waals surface area contributed by atoms with Crippen LogP contribution in [0.4, 0.5) is 0 Å². The number of fused-ring (bicyclic) bond motifs is 6. The number of H-pyrrole nitrogens is 1. The number of nitrogens with one attached hydrogen (secondary N) is 1. The second-order valence-corrected chi connectivity index (χ2v) is 5.09. The normalized spacial score (nSPS) is 13.2. The van der Waals surface area contributed by atoms with Crippen LogP contribution in [-0.2, 0) is 0 Å². The largest absolute Gasteiger partial charge is 0.456 e. The summed E-state index contributed by atoms with van der Waals surface area (Å²) in [7, 11) is 0. The molecule has 0 amide bonds. The summed E-state index contributed by atoms with van der Waals surface area (Å²) < 4.78 is 5.93. The molecule has 1 N–H and O–H groups in total. The molecule has 0 bridgehead atoms. The van der Waals surface area contributed by atoms with Crippen molar-refractivity contribution in [3.05, 3.63) is 59.8 Å². The highest BCUT2D eigenvalue weighted by atomic mass is 16.3. The van der Waals surface area contributed by atoms with E-state index in [-0.39, 0.29) is 0 Å². The van der Waals surface area contributed by atoms with E-state index < -0.39 is 0 Å². The molecule has 2 heteroatoms. The van der Waals surface area contributed by atoms with Crippen LogP contribution >= 0.6 is 0 Å². The van der Waals surface area contributed by atoms with E-state index in [1.165, 1.54) is 21.7 Å². The van der Waals surface area contributed by atoms with Gasteiger partial charge in [0.25, 0.3) is 0 Å². The van der Waals surface area contributed by atoms with Crippen LogP contribution in [0.5, 0.6) is 0 Å². The first-order valence-electron chi connectivity index (χ1n) is 6.63. The van der Waals surface area contributed by atoms with Gasteiger partial charge in [0.15, 0.2) is 5.69 Å². The number of aromatic amines is 1. The van der Waals surface area contributed by atoms with E-state index in [4.69, 9.17) is 4.42 Å². The van der Waals surface area contributed by atoms with Crippen molar-refractivity contribution in [1.82, 2.24) is 4.98 Å². The van der Waals surface area contributed by atoms with Gasteiger partial charge in [-0.1, -0.05) is 18.2 Å². The fraction of sp³-hybridized carbons (Fsp3) is 0. The molecule has 20 heavy (non-hydrogen) atoms. The predicted octanol–water partition coefficient (Wildman–Crippen LogP) is 4.91. The number of allylic oxidation sites excluding steroid dienone is 2. The monoisotopic (exact) mass is 256 g/mol. The van der Waals surface area contributed by atoms with Gasteiger partial charge in [0.2, 0.25) is 0 Å². The predicted molar refractivity (Wildman–Crippen MR) is 82.3 cm³/mol. The van der Waals surface area contributed by atoms with Crippen molar-refractivity contribution in [2.24, 2.45) is 0 Å². The minimum Gasteiger partial charge on any atom is -0.456 e. The number of hydrogen-bond donors (Lipinski definition) is 1. The van der Waals surface area contributed by atoms with Crippen LogP contribution in [0.15, 0.2) is 46.9 Å². The molecule has 0 aliphatic heterocycles. The van der Waals surface area contributed by atoms with Crippen LogP contribution in [-0.4, -0.2) is 4.98 Å². The Hall–Kier alpha value is -2.83. The lowest BCUT2D eigenvalue weighted by Gasteiger charge is -1.92. The summed E-state index contributed by atoms with van der Waals surface area (Å²) in [6.07, 6.45) is 9.14. The maximum absolute atomic E-state index is 5.93. The lowest BCUT2D eigenvalue weighted by atomic mass is 10.0. The third-order valence-corrected chi connectivity index (χ3v) is 3.94. The molecule has 0 fully saturated rings. The minimum atomic E-state index is 0.925. The van der Waals surface area contributed by atoms with E-state index in [9.17, 15) is 0 Å². The molecule has 1 aliphatic rings.